The van der Waals surface area contributed by atoms with Crippen molar-refractivity contribution in [1.29, 1.82) is 0 Å². The number of benzene rings is 1. The van der Waals surface area contributed by atoms with E-state index in [0.29, 0.717) is 22.8 Å². The van der Waals surface area contributed by atoms with Crippen molar-refractivity contribution in [2.24, 2.45) is 5.92 Å². The average Bonchev–Trinajstić information content (AvgIpc) is 2.92. The Morgan fingerprint density at radius 1 is 1.19 bits per heavy atom. The molecule has 2 fully saturated rings. The zero-order chi connectivity index (χ0) is 19.2. The van der Waals surface area contributed by atoms with Crippen molar-refractivity contribution in [2.75, 3.05) is 13.1 Å². The van der Waals surface area contributed by atoms with Crippen molar-refractivity contribution in [1.82, 2.24) is 10.2 Å². The Bertz CT molecular complexity index is 742. The Morgan fingerprint density at radius 3 is 2.59 bits per heavy atom. The number of hydrogen-bond donors (Lipinski definition) is 1. The highest BCUT2D eigenvalue weighted by molar-refractivity contribution is 8.18. The van der Waals surface area contributed by atoms with Crippen LogP contribution in [0.5, 0.6) is 0 Å². The third kappa shape index (κ3) is 5.42. The SMILES string of the molecule is O=C(CC1CCCCC1)NCCN1C(=O)S/C(=C\c2ccc(F)cc2)C1=O. The molecule has 5 nitrogen and oxygen atoms in total. The smallest absolute Gasteiger partial charge is 0.293 e. The van der Waals surface area contributed by atoms with Crippen molar-refractivity contribution in [3.8, 4) is 0 Å². The largest absolute Gasteiger partial charge is 0.354 e. The third-order valence-corrected chi connectivity index (χ3v) is 5.81. The molecule has 7 heteroatoms. The van der Waals surface area contributed by atoms with E-state index >= 15 is 0 Å². The maximum Gasteiger partial charge on any atom is 0.293 e. The molecule has 0 unspecified atom stereocenters. The van der Waals surface area contributed by atoms with Crippen LogP contribution in [0.3, 0.4) is 0 Å². The maximum absolute atomic E-state index is 13.0. The highest BCUT2D eigenvalue weighted by Crippen LogP contribution is 2.32. The number of rotatable bonds is 6. The summed E-state index contributed by atoms with van der Waals surface area (Å²) < 4.78 is 13.0. The van der Waals surface area contributed by atoms with Gasteiger partial charge in [-0.2, -0.15) is 0 Å². The number of hydrogen-bond acceptors (Lipinski definition) is 4. The molecule has 2 aliphatic rings. The fraction of sp³-hybridized carbons (Fsp3) is 0.450. The number of amides is 3. The fourth-order valence-corrected chi connectivity index (χ4v) is 4.30. The van der Waals surface area contributed by atoms with E-state index in [1.807, 2.05) is 0 Å². The first kappa shape index (κ1) is 19.6. The Morgan fingerprint density at radius 2 is 1.89 bits per heavy atom. The summed E-state index contributed by atoms with van der Waals surface area (Å²) >= 11 is 0.860. The lowest BCUT2D eigenvalue weighted by Crippen LogP contribution is -2.37. The molecule has 1 saturated heterocycles. The molecule has 27 heavy (non-hydrogen) atoms. The summed E-state index contributed by atoms with van der Waals surface area (Å²) in [5.41, 5.74) is 0.655. The summed E-state index contributed by atoms with van der Waals surface area (Å²) in [6.07, 6.45) is 7.93. The van der Waals surface area contributed by atoms with Crippen molar-refractivity contribution >= 4 is 34.9 Å². The molecule has 1 aromatic rings. The lowest BCUT2D eigenvalue weighted by Gasteiger charge is -2.21. The topological polar surface area (TPSA) is 66.5 Å². The van der Waals surface area contributed by atoms with Gasteiger partial charge in [-0.3, -0.25) is 19.3 Å². The second kappa shape index (κ2) is 9.17. The van der Waals surface area contributed by atoms with Crippen LogP contribution in [0, 0.1) is 11.7 Å². The van der Waals surface area contributed by atoms with Crippen LogP contribution in [0.25, 0.3) is 6.08 Å². The molecule has 3 rings (SSSR count). The van der Waals surface area contributed by atoms with Gasteiger partial charge < -0.3 is 5.32 Å². The summed E-state index contributed by atoms with van der Waals surface area (Å²) in [7, 11) is 0. The normalized spacial score (nSPS) is 19.7. The Balaban J connectivity index is 1.48. The molecule has 1 saturated carbocycles. The van der Waals surface area contributed by atoms with Gasteiger partial charge in [0, 0.05) is 19.5 Å². The first-order chi connectivity index (χ1) is 13.0. The van der Waals surface area contributed by atoms with Gasteiger partial charge in [0.25, 0.3) is 11.1 Å². The van der Waals surface area contributed by atoms with Crippen LogP contribution >= 0.6 is 11.8 Å². The molecule has 1 N–H and O–H groups in total. The highest BCUT2D eigenvalue weighted by atomic mass is 32.2. The van der Waals surface area contributed by atoms with Crippen molar-refractivity contribution in [2.45, 2.75) is 38.5 Å². The first-order valence-electron chi connectivity index (χ1n) is 9.30. The molecule has 0 spiro atoms. The summed E-state index contributed by atoms with van der Waals surface area (Å²) in [6, 6.07) is 5.71. The second-order valence-corrected chi connectivity index (χ2v) is 7.94. The quantitative estimate of drug-likeness (QED) is 0.747. The van der Waals surface area contributed by atoms with E-state index < -0.39 is 0 Å². The predicted molar refractivity (Wildman–Crippen MR) is 103 cm³/mol. The van der Waals surface area contributed by atoms with E-state index in [1.54, 1.807) is 18.2 Å². The van der Waals surface area contributed by atoms with Gasteiger partial charge in [0.15, 0.2) is 0 Å². The van der Waals surface area contributed by atoms with Crippen LogP contribution < -0.4 is 5.32 Å². The van der Waals surface area contributed by atoms with E-state index in [2.05, 4.69) is 5.32 Å². The van der Waals surface area contributed by atoms with Gasteiger partial charge in [0.1, 0.15) is 5.82 Å². The lowest BCUT2D eigenvalue weighted by atomic mass is 9.87. The summed E-state index contributed by atoms with van der Waals surface area (Å²) in [5.74, 6) is -0.301. The minimum atomic E-state index is -0.379. The van der Waals surface area contributed by atoms with Crippen LogP contribution in [0.1, 0.15) is 44.1 Å². The Labute approximate surface area is 162 Å². The molecular formula is C20H23FN2O3S. The number of thioether (sulfide) groups is 1. The van der Waals surface area contributed by atoms with Crippen molar-refractivity contribution in [3.63, 3.8) is 0 Å². The van der Waals surface area contributed by atoms with E-state index in [1.165, 1.54) is 31.4 Å². The monoisotopic (exact) mass is 390 g/mol. The molecule has 1 aliphatic carbocycles. The molecule has 1 heterocycles. The predicted octanol–water partition coefficient (Wildman–Crippen LogP) is 3.95. The molecule has 3 amide bonds. The van der Waals surface area contributed by atoms with Crippen LogP contribution in [0.4, 0.5) is 9.18 Å². The molecule has 1 aromatic carbocycles. The maximum atomic E-state index is 13.0. The van der Waals surface area contributed by atoms with Gasteiger partial charge in [-0.05, 0) is 54.3 Å². The highest BCUT2D eigenvalue weighted by Gasteiger charge is 2.34. The van der Waals surface area contributed by atoms with E-state index in [-0.39, 0.29) is 36.0 Å². The standard InChI is InChI=1S/C20H23FN2O3S/c21-16-8-6-15(7-9-16)12-17-19(25)23(20(26)27-17)11-10-22-18(24)13-14-4-2-1-3-5-14/h6-9,12,14H,1-5,10-11,13H2,(H,22,24)/b17-12-. The van der Waals surface area contributed by atoms with E-state index in [0.717, 1.165) is 29.5 Å². The first-order valence-corrected chi connectivity index (χ1v) is 10.1. The second-order valence-electron chi connectivity index (χ2n) is 6.94. The number of carbonyl (C=O) groups is 3. The van der Waals surface area contributed by atoms with Crippen LogP contribution in [0.15, 0.2) is 29.2 Å². The molecule has 1 aliphatic heterocycles. The van der Waals surface area contributed by atoms with Crippen LogP contribution in [-0.4, -0.2) is 35.0 Å². The third-order valence-electron chi connectivity index (χ3n) is 4.90. The van der Waals surface area contributed by atoms with Crippen molar-refractivity contribution < 1.29 is 18.8 Å². The summed E-state index contributed by atoms with van der Waals surface area (Å²) in [4.78, 5) is 38.0. The Hall–Kier alpha value is -2.15. The zero-order valence-corrected chi connectivity index (χ0v) is 15.9. The fourth-order valence-electron chi connectivity index (χ4n) is 3.44. The minimum Gasteiger partial charge on any atom is -0.354 e. The lowest BCUT2D eigenvalue weighted by molar-refractivity contribution is -0.124. The van der Waals surface area contributed by atoms with E-state index in [4.69, 9.17) is 0 Å². The molecule has 0 atom stereocenters. The average molecular weight is 390 g/mol. The Kier molecular flexibility index (Phi) is 6.66. The van der Waals surface area contributed by atoms with Crippen LogP contribution in [0.2, 0.25) is 0 Å². The summed E-state index contributed by atoms with van der Waals surface area (Å²) in [5, 5.41) is 2.46. The molecule has 144 valence electrons. The number of halogens is 1. The van der Waals surface area contributed by atoms with Crippen LogP contribution in [-0.2, 0) is 9.59 Å². The van der Waals surface area contributed by atoms with Gasteiger partial charge in [-0.15, -0.1) is 0 Å². The molecule has 0 bridgehead atoms. The number of carbonyl (C=O) groups excluding carboxylic acids is 3. The number of imide groups is 1. The van der Waals surface area contributed by atoms with Gasteiger partial charge in [-0.25, -0.2) is 4.39 Å². The van der Waals surface area contributed by atoms with Gasteiger partial charge >= 0.3 is 0 Å². The van der Waals surface area contributed by atoms with Gasteiger partial charge in [0.2, 0.25) is 5.91 Å². The molecule has 0 radical (unpaired) electrons. The molecular weight excluding hydrogens is 367 g/mol. The number of nitrogens with one attached hydrogen (secondary N) is 1. The van der Waals surface area contributed by atoms with Gasteiger partial charge in [0.05, 0.1) is 4.91 Å². The minimum absolute atomic E-state index is 0.0178. The summed E-state index contributed by atoms with van der Waals surface area (Å²) in [6.45, 7) is 0.412. The van der Waals surface area contributed by atoms with Gasteiger partial charge in [-0.1, -0.05) is 31.4 Å². The van der Waals surface area contributed by atoms with Crippen molar-refractivity contribution in [3.05, 3.63) is 40.6 Å². The zero-order valence-electron chi connectivity index (χ0n) is 15.1. The molecule has 0 aromatic heterocycles. The van der Waals surface area contributed by atoms with E-state index in [9.17, 15) is 18.8 Å². The number of nitrogens with zero attached hydrogens (tertiary/aromatic N) is 1.